The van der Waals surface area contributed by atoms with Crippen LogP contribution in [0.5, 0.6) is 5.75 Å². The minimum atomic E-state index is -4.78. The number of halogens is 3. The monoisotopic (exact) mass is 586 g/mol. The molecule has 2 heterocycles. The van der Waals surface area contributed by atoms with E-state index in [4.69, 9.17) is 9.26 Å². The molecule has 0 spiro atoms. The maximum Gasteiger partial charge on any atom is 0.573 e. The van der Waals surface area contributed by atoms with Crippen molar-refractivity contribution < 1.29 is 36.8 Å². The van der Waals surface area contributed by atoms with Crippen LogP contribution in [-0.2, 0) is 11.3 Å². The second-order valence-electron chi connectivity index (χ2n) is 10.2. The van der Waals surface area contributed by atoms with Gasteiger partial charge in [0.25, 0.3) is 11.8 Å². The highest BCUT2D eigenvalue weighted by Crippen LogP contribution is 2.27. The number of hydrogen-bond acceptors (Lipinski definition) is 8. The molecule has 4 rings (SSSR count). The molecule has 42 heavy (non-hydrogen) atoms. The molecule has 2 aromatic heterocycles. The van der Waals surface area contributed by atoms with E-state index in [2.05, 4.69) is 30.6 Å². The molecule has 14 heteroatoms. The number of aryl methyl sites for hydroxylation is 1. The Bertz CT molecular complexity index is 1540. The lowest BCUT2D eigenvalue weighted by Gasteiger charge is -2.19. The van der Waals surface area contributed by atoms with Gasteiger partial charge in [-0.1, -0.05) is 17.3 Å². The van der Waals surface area contributed by atoms with Crippen molar-refractivity contribution in [2.24, 2.45) is 0 Å². The fraction of sp³-hybridized carbons (Fsp3) is 0.321. The van der Waals surface area contributed by atoms with Crippen LogP contribution in [-0.4, -0.2) is 57.0 Å². The minimum absolute atomic E-state index is 0.135. The molecule has 222 valence electrons. The summed E-state index contributed by atoms with van der Waals surface area (Å²) in [4.78, 5) is 28.7. The second-order valence-corrected chi connectivity index (χ2v) is 10.2. The zero-order valence-corrected chi connectivity index (χ0v) is 23.3. The number of nitrogens with one attached hydrogen (secondary N) is 2. The van der Waals surface area contributed by atoms with Crippen molar-refractivity contribution in [1.82, 2.24) is 30.6 Å². The molecule has 0 bridgehead atoms. The molecule has 0 aliphatic rings. The van der Waals surface area contributed by atoms with Gasteiger partial charge in [-0.15, -0.1) is 13.2 Å². The molecule has 2 aromatic carbocycles. The molecule has 0 saturated heterocycles. The number of carbonyl (C=O) groups is 2. The standard InChI is InChI=1S/C28H29F3N6O5/c1-17-14-22(25-34-23(36-42-25)19-8-10-21(11-9-19)40-28(29,30)31)35-37(17)16-18-6-5-7-20(15-18)24(38)32-12-13-33-26(39)41-27(2,3)4/h5-11,14-15H,12-13,16H2,1-4H3,(H,32,38)(H,33,39). The Balaban J connectivity index is 1.36. The van der Waals surface area contributed by atoms with Crippen LogP contribution < -0.4 is 15.4 Å². The summed E-state index contributed by atoms with van der Waals surface area (Å²) in [7, 11) is 0. The fourth-order valence-corrected chi connectivity index (χ4v) is 3.77. The van der Waals surface area contributed by atoms with E-state index < -0.39 is 18.1 Å². The summed E-state index contributed by atoms with van der Waals surface area (Å²) in [6.07, 6.45) is -5.34. The van der Waals surface area contributed by atoms with E-state index in [1.807, 2.05) is 13.0 Å². The zero-order chi connectivity index (χ0) is 30.5. The molecular formula is C28H29F3N6O5. The summed E-state index contributed by atoms with van der Waals surface area (Å²) in [6, 6.07) is 13.9. The summed E-state index contributed by atoms with van der Waals surface area (Å²) < 4.78 is 53.3. The molecule has 0 saturated carbocycles. The van der Waals surface area contributed by atoms with Crippen LogP contribution in [0.4, 0.5) is 18.0 Å². The SMILES string of the molecule is Cc1cc(-c2nc(-c3ccc(OC(F)(F)F)cc3)no2)nn1Cc1cccc(C(=O)NCCNC(=O)OC(C)(C)C)c1. The van der Waals surface area contributed by atoms with E-state index in [9.17, 15) is 22.8 Å². The summed E-state index contributed by atoms with van der Waals surface area (Å²) in [5.41, 5.74) is 2.30. The number of alkyl carbamates (subject to hydrolysis) is 1. The van der Waals surface area contributed by atoms with Gasteiger partial charge in [-0.3, -0.25) is 9.48 Å². The molecule has 0 atom stereocenters. The van der Waals surface area contributed by atoms with Gasteiger partial charge in [-0.25, -0.2) is 4.79 Å². The Morgan fingerprint density at radius 2 is 1.71 bits per heavy atom. The molecule has 2 N–H and O–H groups in total. The van der Waals surface area contributed by atoms with Crippen LogP contribution in [0.1, 0.15) is 42.4 Å². The molecule has 4 aromatic rings. The van der Waals surface area contributed by atoms with E-state index in [1.165, 1.54) is 12.1 Å². The topological polar surface area (TPSA) is 133 Å². The van der Waals surface area contributed by atoms with E-state index in [-0.39, 0.29) is 36.5 Å². The largest absolute Gasteiger partial charge is 0.573 e. The first-order valence-corrected chi connectivity index (χ1v) is 12.8. The highest BCUT2D eigenvalue weighted by molar-refractivity contribution is 5.94. The van der Waals surface area contributed by atoms with Crippen LogP contribution in [0, 0.1) is 6.92 Å². The van der Waals surface area contributed by atoms with Crippen molar-refractivity contribution in [1.29, 1.82) is 0 Å². The van der Waals surface area contributed by atoms with E-state index in [0.717, 1.165) is 23.4 Å². The van der Waals surface area contributed by atoms with Crippen molar-refractivity contribution in [3.63, 3.8) is 0 Å². The lowest BCUT2D eigenvalue weighted by Crippen LogP contribution is -2.37. The first kappa shape index (κ1) is 30.1. The third-order valence-electron chi connectivity index (χ3n) is 5.57. The van der Waals surface area contributed by atoms with Gasteiger partial charge in [-0.05, 0) is 75.7 Å². The van der Waals surface area contributed by atoms with E-state index in [1.54, 1.807) is 49.7 Å². The van der Waals surface area contributed by atoms with Gasteiger partial charge in [0.2, 0.25) is 5.82 Å². The summed E-state index contributed by atoms with van der Waals surface area (Å²) >= 11 is 0. The van der Waals surface area contributed by atoms with Gasteiger partial charge < -0.3 is 24.6 Å². The maximum atomic E-state index is 12.6. The molecule has 0 radical (unpaired) electrons. The van der Waals surface area contributed by atoms with Crippen LogP contribution in [0.25, 0.3) is 23.0 Å². The molecule has 0 aliphatic carbocycles. The summed E-state index contributed by atoms with van der Waals surface area (Å²) in [5.74, 6) is -0.343. The van der Waals surface area contributed by atoms with Gasteiger partial charge in [0.05, 0.1) is 6.54 Å². The van der Waals surface area contributed by atoms with Crippen LogP contribution in [0.3, 0.4) is 0 Å². The number of ether oxygens (including phenoxy) is 2. The first-order chi connectivity index (χ1) is 19.8. The van der Waals surface area contributed by atoms with Gasteiger partial charge in [0.15, 0.2) is 5.69 Å². The van der Waals surface area contributed by atoms with Crippen molar-refractivity contribution in [3.8, 4) is 28.7 Å². The number of alkyl halides is 3. The number of hydrogen-bond donors (Lipinski definition) is 2. The number of benzene rings is 2. The summed E-state index contributed by atoms with van der Waals surface area (Å²) in [5, 5.41) is 13.8. The second kappa shape index (κ2) is 12.3. The molecule has 2 amide bonds. The fourth-order valence-electron chi connectivity index (χ4n) is 3.77. The average Bonchev–Trinajstić information content (AvgIpc) is 3.52. The lowest BCUT2D eigenvalue weighted by atomic mass is 10.1. The quantitative estimate of drug-likeness (QED) is 0.259. The van der Waals surface area contributed by atoms with Crippen molar-refractivity contribution >= 4 is 12.0 Å². The molecule has 0 aliphatic heterocycles. The average molecular weight is 587 g/mol. The van der Waals surface area contributed by atoms with E-state index in [0.29, 0.717) is 23.4 Å². The number of aromatic nitrogens is 4. The number of rotatable bonds is 9. The minimum Gasteiger partial charge on any atom is -0.444 e. The lowest BCUT2D eigenvalue weighted by molar-refractivity contribution is -0.274. The normalized spacial score (nSPS) is 11.7. The Morgan fingerprint density at radius 1 is 1.00 bits per heavy atom. The Labute approximate surface area is 239 Å². The Morgan fingerprint density at radius 3 is 2.40 bits per heavy atom. The van der Waals surface area contributed by atoms with Crippen LogP contribution in [0.2, 0.25) is 0 Å². The number of amides is 2. The molecule has 11 nitrogen and oxygen atoms in total. The number of carbonyl (C=O) groups excluding carboxylic acids is 2. The molecule has 0 unspecified atom stereocenters. The zero-order valence-electron chi connectivity index (χ0n) is 23.3. The molecular weight excluding hydrogens is 557 g/mol. The van der Waals surface area contributed by atoms with Crippen LogP contribution >= 0.6 is 0 Å². The van der Waals surface area contributed by atoms with Gasteiger partial charge in [0.1, 0.15) is 11.4 Å². The Hall–Kier alpha value is -4.88. The smallest absolute Gasteiger partial charge is 0.444 e. The van der Waals surface area contributed by atoms with Crippen molar-refractivity contribution in [2.45, 2.75) is 46.2 Å². The van der Waals surface area contributed by atoms with Crippen molar-refractivity contribution in [3.05, 3.63) is 71.4 Å². The van der Waals surface area contributed by atoms with Crippen molar-refractivity contribution in [2.75, 3.05) is 13.1 Å². The van der Waals surface area contributed by atoms with E-state index >= 15 is 0 Å². The highest BCUT2D eigenvalue weighted by Gasteiger charge is 2.31. The predicted octanol–water partition coefficient (Wildman–Crippen LogP) is 5.11. The predicted molar refractivity (Wildman–Crippen MR) is 144 cm³/mol. The highest BCUT2D eigenvalue weighted by atomic mass is 19.4. The maximum absolute atomic E-state index is 12.6. The Kier molecular flexibility index (Phi) is 8.83. The van der Waals surface area contributed by atoms with Gasteiger partial charge in [0, 0.05) is 29.9 Å². The third kappa shape index (κ3) is 8.56. The first-order valence-electron chi connectivity index (χ1n) is 12.8. The van der Waals surface area contributed by atoms with Gasteiger partial charge >= 0.3 is 12.5 Å². The third-order valence-corrected chi connectivity index (χ3v) is 5.57. The summed E-state index contributed by atoms with van der Waals surface area (Å²) in [6.45, 7) is 7.93. The number of nitrogens with zero attached hydrogens (tertiary/aromatic N) is 4. The van der Waals surface area contributed by atoms with Gasteiger partial charge in [-0.2, -0.15) is 10.1 Å². The van der Waals surface area contributed by atoms with Crippen LogP contribution in [0.15, 0.2) is 59.1 Å². The molecule has 0 fully saturated rings.